The number of nitrogens with one attached hydrogen (secondary N) is 1. The fourth-order valence-electron chi connectivity index (χ4n) is 2.55. The molecule has 0 atom stereocenters. The first-order valence-corrected chi connectivity index (χ1v) is 9.80. The molecule has 7 heteroatoms. The van der Waals surface area contributed by atoms with Crippen LogP contribution in [0, 0.1) is 0 Å². The van der Waals surface area contributed by atoms with Crippen LogP contribution in [0.25, 0.3) is 0 Å². The largest absolute Gasteiger partial charge is 0.492 e. The molecule has 0 aliphatic rings. The lowest BCUT2D eigenvalue weighted by Crippen LogP contribution is -2.21. The van der Waals surface area contributed by atoms with E-state index in [2.05, 4.69) is 15.5 Å². The zero-order valence-corrected chi connectivity index (χ0v) is 17.0. The van der Waals surface area contributed by atoms with Gasteiger partial charge in [0, 0.05) is 23.2 Å². The number of carbonyl (C=O) groups excluding carboxylic acids is 1. The minimum atomic E-state index is -0.208. The van der Waals surface area contributed by atoms with Crippen molar-refractivity contribution in [1.29, 1.82) is 0 Å². The van der Waals surface area contributed by atoms with Crippen LogP contribution in [0.2, 0.25) is 10.0 Å². The van der Waals surface area contributed by atoms with Crippen LogP contribution in [-0.4, -0.2) is 23.2 Å². The number of nitrogens with zero attached hydrogens (tertiary/aromatic N) is 2. The van der Waals surface area contributed by atoms with Crippen molar-refractivity contribution in [2.45, 2.75) is 12.8 Å². The molecule has 5 nitrogen and oxygen atoms in total. The Morgan fingerprint density at radius 3 is 2.55 bits per heavy atom. The molecule has 0 bridgehead atoms. The van der Waals surface area contributed by atoms with Crippen LogP contribution in [0.15, 0.2) is 78.0 Å². The van der Waals surface area contributed by atoms with E-state index in [0.29, 0.717) is 40.2 Å². The van der Waals surface area contributed by atoms with Crippen molar-refractivity contribution in [1.82, 2.24) is 10.4 Å². The molecule has 1 N–H and O–H groups in total. The third-order valence-corrected chi connectivity index (χ3v) is 4.48. The van der Waals surface area contributed by atoms with Crippen molar-refractivity contribution in [3.05, 3.63) is 94.2 Å². The average Bonchev–Trinajstić information content (AvgIpc) is 2.74. The van der Waals surface area contributed by atoms with Crippen molar-refractivity contribution >= 4 is 34.8 Å². The molecule has 0 unspecified atom stereocenters. The van der Waals surface area contributed by atoms with E-state index in [-0.39, 0.29) is 12.3 Å². The number of hydrogen-bond acceptors (Lipinski definition) is 4. The Kier molecular flexibility index (Phi) is 7.61. The molecule has 3 aromatic rings. The molecule has 0 fully saturated rings. The summed E-state index contributed by atoms with van der Waals surface area (Å²) in [6.45, 7) is 0.351. The standard InChI is InChI=1S/C22H19Cl2N3O2/c23-17-11-12-20(18(24)15-17)29-14-6-10-21(28)26-27-22(16-7-2-1-3-8-16)19-9-4-5-13-25-19/h1-5,7-9,11-13,15H,6,10,14H2,(H,26,28)/b27-22-. The van der Waals surface area contributed by atoms with Crippen LogP contribution >= 0.6 is 23.2 Å². The third-order valence-electron chi connectivity index (χ3n) is 3.95. The molecular weight excluding hydrogens is 409 g/mol. The normalized spacial score (nSPS) is 11.2. The van der Waals surface area contributed by atoms with Gasteiger partial charge < -0.3 is 4.74 Å². The Labute approximate surface area is 179 Å². The predicted molar refractivity (Wildman–Crippen MR) is 116 cm³/mol. The Hall–Kier alpha value is -2.89. The number of aromatic nitrogens is 1. The highest BCUT2D eigenvalue weighted by Crippen LogP contribution is 2.27. The van der Waals surface area contributed by atoms with Gasteiger partial charge in [-0.1, -0.05) is 59.6 Å². The van der Waals surface area contributed by atoms with Crippen molar-refractivity contribution < 1.29 is 9.53 Å². The molecule has 0 aliphatic heterocycles. The topological polar surface area (TPSA) is 63.6 Å². The van der Waals surface area contributed by atoms with Crippen LogP contribution in [0.1, 0.15) is 24.1 Å². The summed E-state index contributed by atoms with van der Waals surface area (Å²) in [7, 11) is 0. The summed E-state index contributed by atoms with van der Waals surface area (Å²) in [6.07, 6.45) is 2.47. The number of hydrogen-bond donors (Lipinski definition) is 1. The van der Waals surface area contributed by atoms with Crippen LogP contribution < -0.4 is 10.2 Å². The Morgan fingerprint density at radius 1 is 1.03 bits per heavy atom. The van der Waals surface area contributed by atoms with Crippen molar-refractivity contribution in [3.8, 4) is 5.75 Å². The molecule has 1 amide bonds. The van der Waals surface area contributed by atoms with Crippen LogP contribution in [0.4, 0.5) is 0 Å². The van der Waals surface area contributed by atoms with Gasteiger partial charge in [0.15, 0.2) is 0 Å². The van der Waals surface area contributed by atoms with Crippen molar-refractivity contribution in [2.75, 3.05) is 6.61 Å². The number of amides is 1. The molecule has 0 radical (unpaired) electrons. The first-order chi connectivity index (χ1) is 14.1. The van der Waals surface area contributed by atoms with Gasteiger partial charge in [0.2, 0.25) is 5.91 Å². The van der Waals surface area contributed by atoms with Crippen LogP contribution in [0.3, 0.4) is 0 Å². The molecule has 2 aromatic carbocycles. The molecule has 0 aliphatic carbocycles. The third kappa shape index (κ3) is 6.31. The van der Waals surface area contributed by atoms with E-state index in [1.807, 2.05) is 48.5 Å². The highest BCUT2D eigenvalue weighted by Gasteiger charge is 2.09. The maximum atomic E-state index is 12.2. The van der Waals surface area contributed by atoms with Crippen molar-refractivity contribution in [2.24, 2.45) is 5.10 Å². The number of carbonyl (C=O) groups is 1. The highest BCUT2D eigenvalue weighted by atomic mass is 35.5. The lowest BCUT2D eigenvalue weighted by molar-refractivity contribution is -0.121. The first-order valence-electron chi connectivity index (χ1n) is 9.04. The molecule has 0 saturated heterocycles. The van der Waals surface area contributed by atoms with E-state index in [1.165, 1.54) is 0 Å². The van der Waals surface area contributed by atoms with Gasteiger partial charge >= 0.3 is 0 Å². The molecule has 148 valence electrons. The Bertz CT molecular complexity index is 938. The fraction of sp³-hybridized carbons (Fsp3) is 0.136. The molecule has 29 heavy (non-hydrogen) atoms. The summed E-state index contributed by atoms with van der Waals surface area (Å²) in [5.41, 5.74) is 4.76. The van der Waals surface area contributed by atoms with Gasteiger partial charge in [-0.25, -0.2) is 5.43 Å². The molecule has 1 heterocycles. The molecule has 3 rings (SSSR count). The smallest absolute Gasteiger partial charge is 0.240 e. The van der Waals surface area contributed by atoms with Gasteiger partial charge in [-0.3, -0.25) is 9.78 Å². The van der Waals surface area contributed by atoms with Crippen LogP contribution in [0.5, 0.6) is 5.75 Å². The minimum absolute atomic E-state index is 0.208. The number of pyridine rings is 1. The van der Waals surface area contributed by atoms with Gasteiger partial charge in [0.1, 0.15) is 11.5 Å². The molecule has 0 spiro atoms. The maximum absolute atomic E-state index is 12.2. The van der Waals surface area contributed by atoms with Crippen LogP contribution in [-0.2, 0) is 4.79 Å². The summed E-state index contributed by atoms with van der Waals surface area (Å²) in [6, 6.07) is 20.2. The number of halogens is 2. The number of ether oxygens (including phenoxy) is 1. The van der Waals surface area contributed by atoms with E-state index in [0.717, 1.165) is 5.56 Å². The second-order valence-corrected chi connectivity index (χ2v) is 6.95. The predicted octanol–water partition coefficient (Wildman–Crippen LogP) is 5.12. The summed E-state index contributed by atoms with van der Waals surface area (Å²) in [5.74, 6) is 0.330. The summed E-state index contributed by atoms with van der Waals surface area (Å²) >= 11 is 11.9. The van der Waals surface area contributed by atoms with Gasteiger partial charge in [0.05, 0.1) is 17.3 Å². The average molecular weight is 428 g/mol. The van der Waals surface area contributed by atoms with E-state index in [4.69, 9.17) is 27.9 Å². The molecular formula is C22H19Cl2N3O2. The summed E-state index contributed by atoms with van der Waals surface area (Å²) in [5, 5.41) is 5.29. The first kappa shape index (κ1) is 20.8. The SMILES string of the molecule is O=C(CCCOc1ccc(Cl)cc1Cl)N/N=C(/c1ccccc1)c1ccccn1. The monoisotopic (exact) mass is 427 g/mol. The van der Waals surface area contributed by atoms with Gasteiger partial charge in [-0.05, 0) is 36.8 Å². The van der Waals surface area contributed by atoms with E-state index in [9.17, 15) is 4.79 Å². The highest BCUT2D eigenvalue weighted by molar-refractivity contribution is 6.35. The minimum Gasteiger partial charge on any atom is -0.492 e. The summed E-state index contributed by atoms with van der Waals surface area (Å²) in [4.78, 5) is 16.5. The Balaban J connectivity index is 1.56. The van der Waals surface area contributed by atoms with E-state index < -0.39 is 0 Å². The van der Waals surface area contributed by atoms with E-state index >= 15 is 0 Å². The molecule has 1 aromatic heterocycles. The number of hydrazone groups is 1. The quantitative estimate of drug-likeness (QED) is 0.308. The Morgan fingerprint density at radius 2 is 1.83 bits per heavy atom. The van der Waals surface area contributed by atoms with Gasteiger partial charge in [0.25, 0.3) is 0 Å². The van der Waals surface area contributed by atoms with Crippen molar-refractivity contribution in [3.63, 3.8) is 0 Å². The zero-order chi connectivity index (χ0) is 20.5. The maximum Gasteiger partial charge on any atom is 0.240 e. The fourth-order valence-corrected chi connectivity index (χ4v) is 3.01. The molecule has 0 saturated carbocycles. The van der Waals surface area contributed by atoms with Gasteiger partial charge in [-0.15, -0.1) is 0 Å². The van der Waals surface area contributed by atoms with E-state index in [1.54, 1.807) is 24.4 Å². The second kappa shape index (κ2) is 10.6. The van der Waals surface area contributed by atoms with Gasteiger partial charge in [-0.2, -0.15) is 5.10 Å². The lowest BCUT2D eigenvalue weighted by Gasteiger charge is -2.09. The zero-order valence-electron chi connectivity index (χ0n) is 15.5. The second-order valence-electron chi connectivity index (χ2n) is 6.10. The number of benzene rings is 2. The number of rotatable bonds is 8. The lowest BCUT2D eigenvalue weighted by atomic mass is 10.1. The summed E-state index contributed by atoms with van der Waals surface area (Å²) < 4.78 is 5.59.